The maximum absolute atomic E-state index is 9.60. The molecule has 0 radical (unpaired) electrons. The first kappa shape index (κ1) is 10.5. The monoisotopic (exact) mass is 196 g/mol. The average molecular weight is 196 g/mol. The van der Waals surface area contributed by atoms with Crippen LogP contribution in [-0.4, -0.2) is 11.7 Å². The Morgan fingerprint density at radius 2 is 1.79 bits per heavy atom. The van der Waals surface area contributed by atoms with Crippen LogP contribution in [0.15, 0.2) is 0 Å². The molecule has 14 heavy (non-hydrogen) atoms. The van der Waals surface area contributed by atoms with E-state index < -0.39 is 0 Å². The minimum absolute atomic E-state index is 0.230. The number of hydrogen-bond donors (Lipinski definition) is 1. The van der Waals surface area contributed by atoms with Crippen molar-refractivity contribution in [3.8, 4) is 0 Å². The smallest absolute Gasteiger partial charge is 0.0487 e. The first-order chi connectivity index (χ1) is 6.61. The third-order valence-corrected chi connectivity index (χ3v) is 5.03. The summed E-state index contributed by atoms with van der Waals surface area (Å²) in [5.74, 6) is 0.780. The van der Waals surface area contributed by atoms with Crippen molar-refractivity contribution in [1.82, 2.24) is 0 Å². The molecule has 0 aliphatic heterocycles. The quantitative estimate of drug-likeness (QED) is 0.681. The fourth-order valence-electron chi connectivity index (χ4n) is 4.15. The van der Waals surface area contributed by atoms with Crippen LogP contribution in [0.2, 0.25) is 0 Å². The Balaban J connectivity index is 2.22. The summed E-state index contributed by atoms with van der Waals surface area (Å²) < 4.78 is 0. The molecule has 1 N–H and O–H groups in total. The van der Waals surface area contributed by atoms with Crippen molar-refractivity contribution in [2.24, 2.45) is 16.7 Å². The summed E-state index contributed by atoms with van der Waals surface area (Å²) in [6, 6.07) is 0. The van der Waals surface area contributed by atoms with E-state index >= 15 is 0 Å². The number of fused-ring (bicyclic) bond motifs is 1. The van der Waals surface area contributed by atoms with Gasteiger partial charge in [0.2, 0.25) is 0 Å². The lowest BCUT2D eigenvalue weighted by Crippen LogP contribution is -2.47. The molecule has 0 aromatic rings. The first-order valence-electron chi connectivity index (χ1n) is 6.22. The highest BCUT2D eigenvalue weighted by atomic mass is 16.3. The molecule has 0 amide bonds. The van der Waals surface area contributed by atoms with Crippen LogP contribution < -0.4 is 0 Å². The van der Waals surface area contributed by atoms with E-state index in [0.29, 0.717) is 12.0 Å². The van der Waals surface area contributed by atoms with Crippen LogP contribution in [0.5, 0.6) is 0 Å². The van der Waals surface area contributed by atoms with Gasteiger partial charge in [-0.05, 0) is 42.4 Å². The zero-order valence-electron chi connectivity index (χ0n) is 9.68. The Hall–Kier alpha value is -0.0400. The standard InChI is InChI=1S/C13H24O/c1-12-7-4-3-6-11(12)13(2,10-14)9-5-8-12/h11,14H,3-10H2,1-2H3/t11-,12+,13+/m0/s1. The van der Waals surface area contributed by atoms with E-state index in [1.165, 1.54) is 44.9 Å². The summed E-state index contributed by atoms with van der Waals surface area (Å²) >= 11 is 0. The molecule has 3 atom stereocenters. The van der Waals surface area contributed by atoms with Crippen molar-refractivity contribution in [1.29, 1.82) is 0 Å². The highest BCUT2D eigenvalue weighted by molar-refractivity contribution is 4.98. The number of hydrogen-bond acceptors (Lipinski definition) is 1. The molecule has 0 unspecified atom stereocenters. The van der Waals surface area contributed by atoms with Gasteiger partial charge in [0.1, 0.15) is 0 Å². The van der Waals surface area contributed by atoms with Crippen LogP contribution in [-0.2, 0) is 0 Å². The Morgan fingerprint density at radius 3 is 2.50 bits per heavy atom. The molecule has 0 aromatic heterocycles. The van der Waals surface area contributed by atoms with Crippen molar-refractivity contribution < 1.29 is 5.11 Å². The second-order valence-corrected chi connectivity index (χ2v) is 6.12. The van der Waals surface area contributed by atoms with E-state index in [1.807, 2.05) is 0 Å². The summed E-state index contributed by atoms with van der Waals surface area (Å²) in [5.41, 5.74) is 0.779. The maximum Gasteiger partial charge on any atom is 0.0487 e. The minimum atomic E-state index is 0.230. The first-order valence-corrected chi connectivity index (χ1v) is 6.22. The second kappa shape index (κ2) is 3.52. The Labute approximate surface area is 87.9 Å². The highest BCUT2D eigenvalue weighted by Crippen LogP contribution is 2.57. The number of aliphatic hydroxyl groups excluding tert-OH is 1. The largest absolute Gasteiger partial charge is 0.396 e. The molecule has 1 heteroatoms. The Bertz CT molecular complexity index is 198. The minimum Gasteiger partial charge on any atom is -0.396 e. The lowest BCUT2D eigenvalue weighted by atomic mass is 9.51. The fraction of sp³-hybridized carbons (Fsp3) is 1.00. The van der Waals surface area contributed by atoms with Gasteiger partial charge in [-0.1, -0.05) is 33.1 Å². The van der Waals surface area contributed by atoms with Crippen molar-refractivity contribution in [2.75, 3.05) is 6.61 Å². The lowest BCUT2D eigenvalue weighted by molar-refractivity contribution is -0.0692. The fourth-order valence-corrected chi connectivity index (χ4v) is 4.15. The molecule has 82 valence electrons. The van der Waals surface area contributed by atoms with Gasteiger partial charge >= 0.3 is 0 Å². The summed E-state index contributed by atoms with van der Waals surface area (Å²) in [6.45, 7) is 5.16. The zero-order chi connectivity index (χ0) is 10.2. The summed E-state index contributed by atoms with van der Waals surface area (Å²) in [5, 5.41) is 9.60. The molecule has 0 heterocycles. The predicted molar refractivity (Wildman–Crippen MR) is 59.1 cm³/mol. The molecule has 0 bridgehead atoms. The zero-order valence-corrected chi connectivity index (χ0v) is 9.68. The average Bonchev–Trinajstić information content (AvgIpc) is 2.17. The van der Waals surface area contributed by atoms with Crippen LogP contribution in [0.3, 0.4) is 0 Å². The second-order valence-electron chi connectivity index (χ2n) is 6.12. The normalized spacial score (nSPS) is 48.6. The van der Waals surface area contributed by atoms with Crippen molar-refractivity contribution >= 4 is 0 Å². The van der Waals surface area contributed by atoms with Crippen LogP contribution in [0.25, 0.3) is 0 Å². The molecule has 2 aliphatic rings. The van der Waals surface area contributed by atoms with Crippen LogP contribution >= 0.6 is 0 Å². The topological polar surface area (TPSA) is 20.2 Å². The number of aliphatic hydroxyl groups is 1. The van der Waals surface area contributed by atoms with E-state index in [1.54, 1.807) is 0 Å². The summed E-state index contributed by atoms with van der Waals surface area (Å²) in [7, 11) is 0. The van der Waals surface area contributed by atoms with Gasteiger partial charge in [-0.25, -0.2) is 0 Å². The number of rotatable bonds is 1. The highest BCUT2D eigenvalue weighted by Gasteiger charge is 2.48. The molecule has 2 rings (SSSR count). The van der Waals surface area contributed by atoms with Gasteiger partial charge in [0, 0.05) is 6.61 Å². The SMILES string of the molecule is C[C@]12CCCC[C@@H]1[C@@](C)(CO)CCC2. The Morgan fingerprint density at radius 1 is 1.07 bits per heavy atom. The van der Waals surface area contributed by atoms with Gasteiger partial charge < -0.3 is 5.11 Å². The molecule has 2 aliphatic carbocycles. The van der Waals surface area contributed by atoms with Gasteiger partial charge in [-0.15, -0.1) is 0 Å². The lowest BCUT2D eigenvalue weighted by Gasteiger charge is -2.54. The molecule has 0 saturated heterocycles. The Kier molecular flexibility index (Phi) is 2.63. The van der Waals surface area contributed by atoms with E-state index in [9.17, 15) is 5.11 Å². The van der Waals surface area contributed by atoms with Crippen molar-refractivity contribution in [2.45, 2.75) is 58.8 Å². The molecule has 0 aromatic carbocycles. The van der Waals surface area contributed by atoms with Gasteiger partial charge in [0.25, 0.3) is 0 Å². The van der Waals surface area contributed by atoms with Crippen LogP contribution in [0.1, 0.15) is 58.8 Å². The molecule has 1 nitrogen and oxygen atoms in total. The van der Waals surface area contributed by atoms with Gasteiger partial charge in [-0.3, -0.25) is 0 Å². The van der Waals surface area contributed by atoms with E-state index in [2.05, 4.69) is 13.8 Å². The van der Waals surface area contributed by atoms with Crippen LogP contribution in [0, 0.1) is 16.7 Å². The third-order valence-electron chi connectivity index (χ3n) is 5.03. The molecular formula is C13H24O. The van der Waals surface area contributed by atoms with Crippen molar-refractivity contribution in [3.63, 3.8) is 0 Å². The van der Waals surface area contributed by atoms with E-state index in [0.717, 1.165) is 5.92 Å². The molecular weight excluding hydrogens is 172 g/mol. The summed E-state index contributed by atoms with van der Waals surface area (Å²) in [6.07, 6.45) is 9.51. The predicted octanol–water partition coefficient (Wildman–Crippen LogP) is 3.37. The van der Waals surface area contributed by atoms with Crippen molar-refractivity contribution in [3.05, 3.63) is 0 Å². The summed E-state index contributed by atoms with van der Waals surface area (Å²) in [4.78, 5) is 0. The molecule has 0 spiro atoms. The van der Waals surface area contributed by atoms with E-state index in [-0.39, 0.29) is 5.41 Å². The van der Waals surface area contributed by atoms with Gasteiger partial charge in [-0.2, -0.15) is 0 Å². The van der Waals surface area contributed by atoms with E-state index in [4.69, 9.17) is 0 Å². The van der Waals surface area contributed by atoms with Crippen LogP contribution in [0.4, 0.5) is 0 Å². The van der Waals surface area contributed by atoms with Gasteiger partial charge in [0.05, 0.1) is 0 Å². The molecule has 2 fully saturated rings. The molecule has 2 saturated carbocycles. The maximum atomic E-state index is 9.60. The van der Waals surface area contributed by atoms with Gasteiger partial charge in [0.15, 0.2) is 0 Å². The third kappa shape index (κ3) is 1.50.